The van der Waals surface area contributed by atoms with E-state index in [1.54, 1.807) is 22.1 Å². The van der Waals surface area contributed by atoms with E-state index in [4.69, 9.17) is 0 Å². The first-order valence-corrected chi connectivity index (χ1v) is 24.1. The Balaban J connectivity index is 0.000000329. The minimum absolute atomic E-state index is 0.0344. The number of rotatable bonds is 8. The van der Waals surface area contributed by atoms with E-state index in [1.807, 2.05) is 12.3 Å². The van der Waals surface area contributed by atoms with Crippen molar-refractivity contribution in [3.8, 4) is 33.5 Å². The standard InChI is InChI=1S/C39H39N5O4.C8H14N2O3.2C3H8/c1-48-38(47)42-23-36(46)44-18-4-5-34(44)37-41-22-33(43-37)25-8-6-24(7-9-25)27-11-12-28(31-21-39(20-30(27)31)15-2-3-16-39)26-10-13-32-29(19-26)35(45)14-17-40-32;1-13-8(12)9-6-7(11)10-4-2-3-5-10;2*1-3-2/h6-14,17,19,22,34H,2-5,15-16,18,20-21,23H2,1H3,(H,40,45)(H,41,43)(H,42,47);2-6H2,1H3,(H,9,12);2*3H2,1-2H3/t34-;;;/m0.../s1. The molecule has 0 radical (unpaired) electrons. The van der Waals surface area contributed by atoms with E-state index >= 15 is 0 Å². The molecule has 2 aliphatic heterocycles. The number of alkyl carbamates (subject to hydrolysis) is 2. The number of pyridine rings is 1. The van der Waals surface area contributed by atoms with Crippen LogP contribution < -0.4 is 16.1 Å². The number of hydrogen-bond acceptors (Lipinski definition) is 8. The summed E-state index contributed by atoms with van der Waals surface area (Å²) in [6, 6.07) is 20.9. The van der Waals surface area contributed by atoms with Crippen LogP contribution in [0.5, 0.6) is 0 Å². The van der Waals surface area contributed by atoms with Gasteiger partial charge in [-0.25, -0.2) is 14.6 Å². The van der Waals surface area contributed by atoms with E-state index in [2.05, 4.69) is 111 Å². The van der Waals surface area contributed by atoms with Gasteiger partial charge in [-0.1, -0.05) is 95.8 Å². The van der Waals surface area contributed by atoms with Crippen LogP contribution in [0, 0.1) is 5.41 Å². The van der Waals surface area contributed by atoms with Crippen LogP contribution in [-0.4, -0.2) is 95.7 Å². The van der Waals surface area contributed by atoms with Crippen molar-refractivity contribution in [2.75, 3.05) is 46.9 Å². The van der Waals surface area contributed by atoms with Gasteiger partial charge in [-0.15, -0.1) is 0 Å². The molecule has 4 heterocycles. The van der Waals surface area contributed by atoms with Gasteiger partial charge in [0.15, 0.2) is 5.43 Å². The summed E-state index contributed by atoms with van der Waals surface area (Å²) in [5, 5.41) is 5.56. The largest absolute Gasteiger partial charge is 0.453 e. The molecule has 2 aliphatic carbocycles. The van der Waals surface area contributed by atoms with Gasteiger partial charge >= 0.3 is 12.2 Å². The van der Waals surface area contributed by atoms with Crippen LogP contribution in [-0.2, 0) is 31.9 Å². The zero-order valence-corrected chi connectivity index (χ0v) is 40.2. The van der Waals surface area contributed by atoms with E-state index in [-0.39, 0.29) is 36.4 Å². The highest BCUT2D eigenvalue weighted by atomic mass is 16.5. The van der Waals surface area contributed by atoms with Crippen molar-refractivity contribution in [2.24, 2.45) is 5.41 Å². The van der Waals surface area contributed by atoms with Crippen molar-refractivity contribution in [2.45, 2.75) is 111 Å². The quantitative estimate of drug-likeness (QED) is 0.119. The topological polar surface area (TPSA) is 179 Å². The monoisotopic (exact) mass is 916 g/mol. The van der Waals surface area contributed by atoms with Gasteiger partial charge in [0.1, 0.15) is 18.9 Å². The van der Waals surface area contributed by atoms with Crippen LogP contribution in [0.3, 0.4) is 0 Å². The first kappa shape index (κ1) is 50.0. The second-order valence-electron chi connectivity index (χ2n) is 18.0. The fourth-order valence-corrected chi connectivity index (χ4v) is 9.72. The Bertz CT molecular complexity index is 2520. The van der Waals surface area contributed by atoms with Crippen LogP contribution in [0.25, 0.3) is 44.4 Å². The summed E-state index contributed by atoms with van der Waals surface area (Å²) in [7, 11) is 2.55. The molecule has 2 saturated heterocycles. The average molecular weight is 916 g/mol. The summed E-state index contributed by atoms with van der Waals surface area (Å²) in [4.78, 5) is 73.8. The molecule has 2 aromatic heterocycles. The zero-order valence-electron chi connectivity index (χ0n) is 40.2. The Morgan fingerprint density at radius 1 is 0.716 bits per heavy atom. The Morgan fingerprint density at radius 2 is 1.28 bits per heavy atom. The van der Waals surface area contributed by atoms with Gasteiger partial charge < -0.3 is 39.9 Å². The number of ether oxygens (including phenoxy) is 2. The smallest absolute Gasteiger partial charge is 0.407 e. The Morgan fingerprint density at radius 3 is 1.90 bits per heavy atom. The molecule has 14 heteroatoms. The second-order valence-corrected chi connectivity index (χ2v) is 18.0. The number of fused-ring (bicyclic) bond motifs is 2. The maximum Gasteiger partial charge on any atom is 0.407 e. The molecule has 4 amide bonds. The predicted octanol–water partition coefficient (Wildman–Crippen LogP) is 9.73. The van der Waals surface area contributed by atoms with Crippen LogP contribution >= 0.6 is 0 Å². The number of nitrogens with one attached hydrogen (secondary N) is 4. The fraction of sp³-hybridized carbons (Fsp3) is 0.472. The minimum Gasteiger partial charge on any atom is -0.453 e. The van der Waals surface area contributed by atoms with Crippen LogP contribution in [0.2, 0.25) is 0 Å². The molecule has 0 unspecified atom stereocenters. The third-order valence-corrected chi connectivity index (χ3v) is 12.9. The van der Waals surface area contributed by atoms with Crippen molar-refractivity contribution in [3.63, 3.8) is 0 Å². The van der Waals surface area contributed by atoms with Gasteiger partial charge in [0.05, 0.1) is 32.2 Å². The maximum absolute atomic E-state index is 12.8. The molecule has 4 N–H and O–H groups in total. The third-order valence-electron chi connectivity index (χ3n) is 12.9. The Kier molecular flexibility index (Phi) is 17.8. The summed E-state index contributed by atoms with van der Waals surface area (Å²) in [5.74, 6) is 0.559. The second kappa shape index (κ2) is 23.8. The zero-order chi connectivity index (χ0) is 47.9. The lowest BCUT2D eigenvalue weighted by molar-refractivity contribution is -0.131. The van der Waals surface area contributed by atoms with Gasteiger partial charge in [0.2, 0.25) is 11.8 Å². The van der Waals surface area contributed by atoms with Crippen molar-refractivity contribution in [1.29, 1.82) is 0 Å². The first-order chi connectivity index (χ1) is 32.5. The van der Waals surface area contributed by atoms with Gasteiger partial charge in [-0.3, -0.25) is 14.4 Å². The number of aromatic nitrogens is 3. The molecule has 14 nitrogen and oxygen atoms in total. The number of imidazole rings is 1. The number of methoxy groups -OCH3 is 2. The maximum atomic E-state index is 12.8. The summed E-state index contributed by atoms with van der Waals surface area (Å²) in [6.45, 7) is 10.7. The summed E-state index contributed by atoms with van der Waals surface area (Å²) < 4.78 is 8.94. The number of benzene rings is 3. The van der Waals surface area contributed by atoms with Gasteiger partial charge in [0.25, 0.3) is 0 Å². The van der Waals surface area contributed by atoms with Crippen LogP contribution in [0.1, 0.15) is 115 Å². The normalized spacial score (nSPS) is 16.5. The van der Waals surface area contributed by atoms with Crippen molar-refractivity contribution in [3.05, 3.63) is 100 Å². The molecule has 3 aromatic carbocycles. The Hall–Kier alpha value is -6.44. The van der Waals surface area contributed by atoms with Gasteiger partial charge in [0, 0.05) is 42.8 Å². The molecule has 1 saturated carbocycles. The third kappa shape index (κ3) is 12.3. The van der Waals surface area contributed by atoms with E-state index in [9.17, 15) is 24.0 Å². The number of likely N-dealkylation sites (tertiary alicyclic amines) is 2. The number of carbonyl (C=O) groups is 4. The number of amides is 4. The van der Waals surface area contributed by atoms with E-state index < -0.39 is 12.2 Å². The molecule has 3 fully saturated rings. The highest BCUT2D eigenvalue weighted by molar-refractivity contribution is 5.87. The molecule has 1 atom stereocenters. The lowest BCUT2D eigenvalue weighted by Crippen LogP contribution is -2.40. The van der Waals surface area contributed by atoms with E-state index in [1.165, 1.54) is 80.6 Å². The Labute approximate surface area is 394 Å². The fourth-order valence-electron chi connectivity index (χ4n) is 9.72. The summed E-state index contributed by atoms with van der Waals surface area (Å²) in [6.07, 6.45) is 16.0. The lowest BCUT2D eigenvalue weighted by Gasteiger charge is -2.23. The van der Waals surface area contributed by atoms with Crippen LogP contribution in [0.15, 0.2) is 77.9 Å². The molecule has 0 bridgehead atoms. The van der Waals surface area contributed by atoms with Crippen molar-refractivity contribution >= 4 is 34.9 Å². The minimum atomic E-state index is -0.621. The van der Waals surface area contributed by atoms with E-state index in [0.717, 1.165) is 85.2 Å². The van der Waals surface area contributed by atoms with Gasteiger partial charge in [-0.05, 0) is 108 Å². The highest BCUT2D eigenvalue weighted by Gasteiger charge is 2.41. The number of H-pyrrole nitrogens is 2. The first-order valence-electron chi connectivity index (χ1n) is 24.1. The molecule has 9 rings (SSSR count). The molecule has 4 aliphatic rings. The van der Waals surface area contributed by atoms with Crippen molar-refractivity contribution < 1.29 is 28.7 Å². The predicted molar refractivity (Wildman–Crippen MR) is 264 cm³/mol. The summed E-state index contributed by atoms with van der Waals surface area (Å²) in [5.41, 5.74) is 10.9. The molecule has 5 aromatic rings. The molecule has 1 spiro atoms. The molecular weight excluding hydrogens is 847 g/mol. The average Bonchev–Trinajstić information content (AvgIpc) is 4.22. The molecule has 67 heavy (non-hydrogen) atoms. The molecule has 358 valence electrons. The lowest BCUT2D eigenvalue weighted by atomic mass is 9.82. The number of aromatic amines is 2. The summed E-state index contributed by atoms with van der Waals surface area (Å²) >= 11 is 0. The van der Waals surface area contributed by atoms with Gasteiger partial charge in [-0.2, -0.15) is 0 Å². The number of nitrogens with zero attached hydrogens (tertiary/aromatic N) is 3. The van der Waals surface area contributed by atoms with E-state index in [0.29, 0.717) is 12.0 Å². The number of carbonyl (C=O) groups excluding carboxylic acids is 4. The SMILES string of the molecule is CCC.CCC.COC(=O)NCC(=O)N1CCCC1.COC(=O)NCC(=O)N1CCC[C@H]1c1ncc(-c2ccc(-c3ccc(-c4ccc5[nH]ccc(=O)c5c4)c4c3CC3(CCCC3)C4)cc2)[nH]1. The van der Waals surface area contributed by atoms with Crippen molar-refractivity contribution in [1.82, 2.24) is 35.4 Å². The highest BCUT2D eigenvalue weighted by Crippen LogP contribution is 2.53. The number of hydrogen-bond donors (Lipinski definition) is 4. The van der Waals surface area contributed by atoms with Crippen LogP contribution in [0.4, 0.5) is 9.59 Å². The molecular formula is C53H69N7O7.